The fourth-order valence-corrected chi connectivity index (χ4v) is 2.37. The smallest absolute Gasteiger partial charge is 0.224 e. The zero-order valence-electron chi connectivity index (χ0n) is 11.1. The Bertz CT molecular complexity index is 688. The number of ether oxygens (including phenoxy) is 1. The van der Waals surface area contributed by atoms with Gasteiger partial charge in [-0.05, 0) is 29.8 Å². The summed E-state index contributed by atoms with van der Waals surface area (Å²) in [7, 11) is 0. The lowest BCUT2D eigenvalue weighted by molar-refractivity contribution is 0.293. The van der Waals surface area contributed by atoms with Crippen molar-refractivity contribution in [2.45, 2.75) is 6.61 Å². The molecule has 2 aromatic rings. The molecule has 0 saturated carbocycles. The maximum atomic E-state index is 6.00. The molecule has 0 bridgehead atoms. The average Bonchev–Trinajstić information content (AvgIpc) is 3.03. The molecule has 0 radical (unpaired) electrons. The van der Waals surface area contributed by atoms with E-state index in [1.807, 2.05) is 18.2 Å². The first kappa shape index (κ1) is 14.2. The van der Waals surface area contributed by atoms with Crippen LogP contribution >= 0.6 is 23.2 Å². The molecular weight excluding hydrogens is 309 g/mol. The number of aromatic nitrogens is 1. The number of nitrogens with zero attached hydrogens (tertiary/aromatic N) is 2. The minimum absolute atomic E-state index is 0.369. The number of benzene rings is 1. The first-order valence-corrected chi connectivity index (χ1v) is 7.30. The average molecular weight is 322 g/mol. The molecule has 21 heavy (non-hydrogen) atoms. The Kier molecular flexibility index (Phi) is 4.27. The molecule has 1 aliphatic rings. The van der Waals surface area contributed by atoms with Crippen LogP contribution in [0.25, 0.3) is 0 Å². The summed E-state index contributed by atoms with van der Waals surface area (Å²) in [4.78, 5) is 8.67. The van der Waals surface area contributed by atoms with E-state index < -0.39 is 0 Å². The summed E-state index contributed by atoms with van der Waals surface area (Å²) in [5.74, 6) is 1.38. The minimum atomic E-state index is 0.369. The molecule has 0 saturated heterocycles. The van der Waals surface area contributed by atoms with Gasteiger partial charge in [0.2, 0.25) is 5.88 Å². The van der Waals surface area contributed by atoms with E-state index in [2.05, 4.69) is 15.3 Å². The van der Waals surface area contributed by atoms with Crippen LogP contribution in [-0.4, -0.2) is 23.9 Å². The van der Waals surface area contributed by atoms with Gasteiger partial charge < -0.3 is 10.1 Å². The number of rotatable bonds is 4. The Morgan fingerprint density at radius 2 is 2.10 bits per heavy atom. The maximum Gasteiger partial charge on any atom is 0.224 e. The third-order valence-corrected chi connectivity index (χ3v) is 3.80. The number of hydrogen-bond donors (Lipinski definition) is 1. The monoisotopic (exact) mass is 321 g/mol. The predicted molar refractivity (Wildman–Crippen MR) is 84.4 cm³/mol. The van der Waals surface area contributed by atoms with Crippen LogP contribution in [0.15, 0.2) is 41.5 Å². The van der Waals surface area contributed by atoms with E-state index in [-0.39, 0.29) is 0 Å². The molecule has 1 aromatic carbocycles. The molecule has 2 heterocycles. The van der Waals surface area contributed by atoms with Crippen molar-refractivity contribution in [3.8, 4) is 5.88 Å². The molecule has 1 N–H and O–H groups in total. The Balaban J connectivity index is 1.77. The summed E-state index contributed by atoms with van der Waals surface area (Å²) in [5, 5.41) is 4.27. The van der Waals surface area contributed by atoms with Crippen molar-refractivity contribution >= 4 is 29.0 Å². The number of nitrogens with one attached hydrogen (secondary N) is 1. The first-order valence-electron chi connectivity index (χ1n) is 6.54. The molecule has 1 aromatic heterocycles. The second-order valence-electron chi connectivity index (χ2n) is 4.55. The molecule has 0 aliphatic carbocycles. The van der Waals surface area contributed by atoms with E-state index in [4.69, 9.17) is 27.9 Å². The third kappa shape index (κ3) is 3.28. The van der Waals surface area contributed by atoms with Crippen molar-refractivity contribution in [2.24, 2.45) is 4.99 Å². The summed E-state index contributed by atoms with van der Waals surface area (Å²) in [5.41, 5.74) is 1.80. The molecule has 1 aliphatic heterocycles. The van der Waals surface area contributed by atoms with Crippen LogP contribution in [0, 0.1) is 0 Å². The lowest BCUT2D eigenvalue weighted by Gasteiger charge is -2.11. The standard InChI is InChI=1S/C15H13Cl2N3O/c16-12-4-3-10(8-13(12)17)9-21-15-11(2-1-5-20-15)14-18-6-7-19-14/h1-5,8H,6-7,9H2,(H,18,19). The number of amidine groups is 1. The summed E-state index contributed by atoms with van der Waals surface area (Å²) in [6, 6.07) is 9.22. The van der Waals surface area contributed by atoms with Gasteiger partial charge in [0.15, 0.2) is 0 Å². The van der Waals surface area contributed by atoms with Gasteiger partial charge in [-0.3, -0.25) is 4.99 Å². The minimum Gasteiger partial charge on any atom is -0.472 e. The van der Waals surface area contributed by atoms with E-state index in [1.54, 1.807) is 18.3 Å². The second kappa shape index (κ2) is 6.33. The largest absolute Gasteiger partial charge is 0.472 e. The number of aliphatic imine (C=N–C) groups is 1. The zero-order chi connectivity index (χ0) is 14.7. The number of hydrogen-bond acceptors (Lipinski definition) is 4. The van der Waals surface area contributed by atoms with Crippen LogP contribution in [-0.2, 0) is 6.61 Å². The van der Waals surface area contributed by atoms with Crippen LogP contribution in [0.2, 0.25) is 10.0 Å². The fraction of sp³-hybridized carbons (Fsp3) is 0.200. The van der Waals surface area contributed by atoms with Crippen LogP contribution in [0.4, 0.5) is 0 Å². The van der Waals surface area contributed by atoms with Gasteiger partial charge in [0.1, 0.15) is 12.4 Å². The van der Waals surface area contributed by atoms with Crippen molar-refractivity contribution in [1.29, 1.82) is 0 Å². The van der Waals surface area contributed by atoms with Crippen molar-refractivity contribution < 1.29 is 4.74 Å². The normalized spacial score (nSPS) is 13.7. The van der Waals surface area contributed by atoms with Crippen molar-refractivity contribution in [3.63, 3.8) is 0 Å². The van der Waals surface area contributed by atoms with Crippen LogP contribution in [0.3, 0.4) is 0 Å². The van der Waals surface area contributed by atoms with Gasteiger partial charge in [-0.15, -0.1) is 0 Å². The molecule has 6 heteroatoms. The van der Waals surface area contributed by atoms with E-state index in [0.29, 0.717) is 22.5 Å². The number of halogens is 2. The SMILES string of the molecule is Clc1ccc(COc2ncccc2C2=NCCN2)cc1Cl. The maximum absolute atomic E-state index is 6.00. The van der Waals surface area contributed by atoms with Gasteiger partial charge in [0.05, 0.1) is 22.2 Å². The molecule has 0 unspecified atom stereocenters. The van der Waals surface area contributed by atoms with Crippen LogP contribution in [0.1, 0.15) is 11.1 Å². The van der Waals surface area contributed by atoms with Gasteiger partial charge in [-0.2, -0.15) is 0 Å². The van der Waals surface area contributed by atoms with E-state index in [0.717, 1.165) is 30.1 Å². The summed E-state index contributed by atoms with van der Waals surface area (Å²) in [6.45, 7) is 1.99. The highest BCUT2D eigenvalue weighted by atomic mass is 35.5. The van der Waals surface area contributed by atoms with Crippen LogP contribution < -0.4 is 10.1 Å². The van der Waals surface area contributed by atoms with Crippen molar-refractivity contribution in [1.82, 2.24) is 10.3 Å². The highest BCUT2D eigenvalue weighted by molar-refractivity contribution is 6.42. The Morgan fingerprint density at radius 1 is 1.19 bits per heavy atom. The van der Waals surface area contributed by atoms with Gasteiger partial charge in [-0.25, -0.2) is 4.98 Å². The van der Waals surface area contributed by atoms with Gasteiger partial charge in [0.25, 0.3) is 0 Å². The van der Waals surface area contributed by atoms with Crippen molar-refractivity contribution in [2.75, 3.05) is 13.1 Å². The lowest BCUT2D eigenvalue weighted by Crippen LogP contribution is -2.20. The lowest BCUT2D eigenvalue weighted by atomic mass is 10.2. The molecule has 0 atom stereocenters. The summed E-state index contributed by atoms with van der Waals surface area (Å²) < 4.78 is 5.80. The fourth-order valence-electron chi connectivity index (χ4n) is 2.05. The predicted octanol–water partition coefficient (Wildman–Crippen LogP) is 3.32. The molecule has 0 amide bonds. The van der Waals surface area contributed by atoms with Crippen LogP contribution in [0.5, 0.6) is 5.88 Å². The number of pyridine rings is 1. The van der Waals surface area contributed by atoms with Gasteiger partial charge in [-0.1, -0.05) is 29.3 Å². The Morgan fingerprint density at radius 3 is 2.86 bits per heavy atom. The molecule has 4 nitrogen and oxygen atoms in total. The second-order valence-corrected chi connectivity index (χ2v) is 5.36. The summed E-state index contributed by atoms with van der Waals surface area (Å²) in [6.07, 6.45) is 1.70. The first-order chi connectivity index (χ1) is 10.2. The summed E-state index contributed by atoms with van der Waals surface area (Å²) >= 11 is 11.9. The molecule has 3 rings (SSSR count). The molecular formula is C15H13Cl2N3O. The Hall–Kier alpha value is -1.78. The topological polar surface area (TPSA) is 46.5 Å². The Labute approximate surface area is 132 Å². The zero-order valence-corrected chi connectivity index (χ0v) is 12.7. The quantitative estimate of drug-likeness (QED) is 0.939. The van der Waals surface area contributed by atoms with E-state index in [9.17, 15) is 0 Å². The van der Waals surface area contributed by atoms with E-state index >= 15 is 0 Å². The van der Waals surface area contributed by atoms with Gasteiger partial charge in [0, 0.05) is 12.7 Å². The molecule has 0 fully saturated rings. The van der Waals surface area contributed by atoms with Gasteiger partial charge >= 0.3 is 0 Å². The molecule has 108 valence electrons. The van der Waals surface area contributed by atoms with Crippen molar-refractivity contribution in [3.05, 3.63) is 57.7 Å². The highest BCUT2D eigenvalue weighted by Crippen LogP contribution is 2.24. The molecule has 0 spiro atoms. The highest BCUT2D eigenvalue weighted by Gasteiger charge is 2.14. The van der Waals surface area contributed by atoms with E-state index in [1.165, 1.54) is 0 Å². The third-order valence-electron chi connectivity index (χ3n) is 3.06.